The highest BCUT2D eigenvalue weighted by Crippen LogP contribution is 2.46. The molecular formula is C33H42N2O4S. The first kappa shape index (κ1) is 29.8. The van der Waals surface area contributed by atoms with E-state index in [4.69, 9.17) is 19.4 Å². The van der Waals surface area contributed by atoms with Gasteiger partial charge in [0.05, 0.1) is 24.8 Å². The zero-order valence-electron chi connectivity index (χ0n) is 23.9. The van der Waals surface area contributed by atoms with Gasteiger partial charge in [0.1, 0.15) is 16.2 Å². The summed E-state index contributed by atoms with van der Waals surface area (Å²) in [6.45, 7) is 4.00. The Labute approximate surface area is 239 Å². The van der Waals surface area contributed by atoms with Crippen LogP contribution in [0, 0.1) is 0 Å². The van der Waals surface area contributed by atoms with Crippen LogP contribution in [0.25, 0.3) is 0 Å². The quantitative estimate of drug-likeness (QED) is 0.296. The van der Waals surface area contributed by atoms with Gasteiger partial charge in [-0.2, -0.15) is 0 Å². The van der Waals surface area contributed by atoms with Gasteiger partial charge < -0.3 is 9.47 Å². The van der Waals surface area contributed by atoms with Gasteiger partial charge in [0, 0.05) is 29.2 Å². The van der Waals surface area contributed by atoms with Crippen LogP contribution in [0.2, 0.25) is 0 Å². The fourth-order valence-electron chi connectivity index (χ4n) is 6.07. The van der Waals surface area contributed by atoms with Crippen LogP contribution < -0.4 is 9.47 Å². The highest BCUT2D eigenvalue weighted by Gasteiger charge is 2.47. The lowest BCUT2D eigenvalue weighted by atomic mass is 9.87. The number of ether oxygens (including phenoxy) is 2. The Bertz CT molecular complexity index is 1370. The second-order valence-corrected chi connectivity index (χ2v) is 12.8. The lowest BCUT2D eigenvalue weighted by Gasteiger charge is -2.34. The third kappa shape index (κ3) is 6.25. The van der Waals surface area contributed by atoms with E-state index in [2.05, 4.69) is 6.58 Å². The Morgan fingerprint density at radius 1 is 0.800 bits per heavy atom. The fraction of sp³-hybridized carbons (Fsp3) is 0.455. The Kier molecular flexibility index (Phi) is 10.4. The van der Waals surface area contributed by atoms with Crippen molar-refractivity contribution >= 4 is 9.84 Å². The zero-order valence-corrected chi connectivity index (χ0v) is 24.7. The summed E-state index contributed by atoms with van der Waals surface area (Å²) in [4.78, 5) is 9.83. The van der Waals surface area contributed by atoms with Gasteiger partial charge in [-0.1, -0.05) is 50.0 Å². The molecule has 0 spiro atoms. The Hall–Kier alpha value is -3.19. The topological polar surface area (TPSA) is 78.4 Å². The maximum absolute atomic E-state index is 14.6. The summed E-state index contributed by atoms with van der Waals surface area (Å²) in [5, 5.41) is 0. The average Bonchev–Trinajstić information content (AvgIpc) is 2.98. The van der Waals surface area contributed by atoms with Crippen molar-refractivity contribution in [3.05, 3.63) is 90.0 Å². The van der Waals surface area contributed by atoms with Crippen LogP contribution in [0.4, 0.5) is 0 Å². The van der Waals surface area contributed by atoms with Gasteiger partial charge in [0.25, 0.3) is 0 Å². The van der Waals surface area contributed by atoms with E-state index in [0.29, 0.717) is 29.2 Å². The molecule has 1 aliphatic rings. The Balaban J connectivity index is 1.79. The van der Waals surface area contributed by atoms with E-state index in [-0.39, 0.29) is 6.42 Å². The summed E-state index contributed by atoms with van der Waals surface area (Å²) >= 11 is 0. The van der Waals surface area contributed by atoms with E-state index < -0.39 is 14.6 Å². The normalized spacial score (nSPS) is 19.1. The molecule has 0 saturated heterocycles. The fourth-order valence-corrected chi connectivity index (χ4v) is 8.22. The first-order chi connectivity index (χ1) is 19.5. The summed E-state index contributed by atoms with van der Waals surface area (Å²) in [7, 11) is -0.460. The first-order valence-corrected chi connectivity index (χ1v) is 15.9. The van der Waals surface area contributed by atoms with E-state index in [0.717, 1.165) is 74.8 Å². The van der Waals surface area contributed by atoms with Gasteiger partial charge in [0.15, 0.2) is 9.84 Å². The molecule has 1 unspecified atom stereocenters. The summed E-state index contributed by atoms with van der Waals surface area (Å²) in [5.74, 6) is 1.59. The van der Waals surface area contributed by atoms with E-state index >= 15 is 0 Å². The minimum Gasteiger partial charge on any atom is -0.496 e. The molecule has 0 saturated carbocycles. The number of aromatic nitrogens is 2. The van der Waals surface area contributed by atoms with Crippen molar-refractivity contribution in [3.8, 4) is 11.5 Å². The molecule has 3 aromatic rings. The van der Waals surface area contributed by atoms with Gasteiger partial charge in [-0.25, -0.2) is 8.42 Å². The molecule has 40 heavy (non-hydrogen) atoms. The summed E-state index contributed by atoms with van der Waals surface area (Å²) in [5.41, 5.74) is 3.81. The molecule has 6 nitrogen and oxygen atoms in total. The predicted octanol–water partition coefficient (Wildman–Crippen LogP) is 7.20. The van der Waals surface area contributed by atoms with Gasteiger partial charge >= 0.3 is 0 Å². The van der Waals surface area contributed by atoms with Crippen LogP contribution in [-0.2, 0) is 33.8 Å². The lowest BCUT2D eigenvalue weighted by Crippen LogP contribution is -2.38. The van der Waals surface area contributed by atoms with Crippen molar-refractivity contribution in [1.82, 2.24) is 9.97 Å². The number of fused-ring (bicyclic) bond motifs is 2. The molecule has 0 bridgehead atoms. The molecule has 7 heteroatoms. The maximum Gasteiger partial charge on any atom is 0.190 e. The van der Waals surface area contributed by atoms with Crippen molar-refractivity contribution in [2.45, 2.75) is 86.7 Å². The average molecular weight is 563 g/mol. The third-order valence-electron chi connectivity index (χ3n) is 8.13. The van der Waals surface area contributed by atoms with Gasteiger partial charge in [-0.15, -0.1) is 6.58 Å². The van der Waals surface area contributed by atoms with Crippen LogP contribution in [0.5, 0.6) is 11.5 Å². The third-order valence-corrected chi connectivity index (χ3v) is 10.6. The SMILES string of the molecule is C=CCC1(S(=O)(=O)c2ccccc2)CCCCCc2c(OC)ccnc2CCCCCCc2c(OC)ccnc21. The van der Waals surface area contributed by atoms with Crippen LogP contribution in [0.15, 0.2) is 72.4 Å². The molecule has 214 valence electrons. The smallest absolute Gasteiger partial charge is 0.190 e. The van der Waals surface area contributed by atoms with Crippen LogP contribution in [-0.4, -0.2) is 32.6 Å². The van der Waals surface area contributed by atoms with E-state index in [1.807, 2.05) is 24.4 Å². The molecule has 1 atom stereocenters. The molecule has 0 amide bonds. The number of nitrogens with zero attached hydrogens (tertiary/aromatic N) is 2. The van der Waals surface area contributed by atoms with Crippen molar-refractivity contribution in [2.75, 3.05) is 14.2 Å². The lowest BCUT2D eigenvalue weighted by molar-refractivity contribution is 0.400. The molecule has 0 radical (unpaired) electrons. The Morgan fingerprint density at radius 3 is 2.08 bits per heavy atom. The van der Waals surface area contributed by atoms with Crippen molar-refractivity contribution < 1.29 is 17.9 Å². The molecule has 2 heterocycles. The number of aryl methyl sites for hydroxylation is 1. The Morgan fingerprint density at radius 2 is 1.40 bits per heavy atom. The molecule has 1 aromatic carbocycles. The molecule has 0 N–H and O–H groups in total. The standard InChI is InChI=1S/C33H42N2O4S/c1-4-22-33(40(36,37)26-15-9-7-10-16-26)23-14-8-12-17-27-29(34-24-20-30(27)38-2)19-13-6-5-11-18-28-31(39-3)21-25-35-32(28)33/h4,7,9-10,15-16,20-21,24-25H,1,5-6,8,11-14,17-19,22-23H2,2-3H3. The van der Waals surface area contributed by atoms with Crippen LogP contribution in [0.1, 0.15) is 80.3 Å². The van der Waals surface area contributed by atoms with Crippen molar-refractivity contribution in [1.29, 1.82) is 0 Å². The molecule has 0 fully saturated rings. The van der Waals surface area contributed by atoms with Gasteiger partial charge in [-0.05, 0) is 75.6 Å². The second kappa shape index (κ2) is 13.9. The largest absolute Gasteiger partial charge is 0.496 e. The molecule has 2 aromatic heterocycles. The molecule has 1 aliphatic carbocycles. The predicted molar refractivity (Wildman–Crippen MR) is 160 cm³/mol. The van der Waals surface area contributed by atoms with E-state index in [1.54, 1.807) is 50.8 Å². The highest BCUT2D eigenvalue weighted by molar-refractivity contribution is 7.92. The number of allylic oxidation sites excluding steroid dienone is 1. The summed E-state index contributed by atoms with van der Waals surface area (Å²) in [6, 6.07) is 12.6. The first-order valence-electron chi connectivity index (χ1n) is 14.4. The zero-order chi connectivity index (χ0) is 28.4. The minimum absolute atomic E-state index is 0.276. The summed E-state index contributed by atoms with van der Waals surface area (Å²) < 4.78 is 39.4. The van der Waals surface area contributed by atoms with Crippen molar-refractivity contribution in [2.24, 2.45) is 0 Å². The summed E-state index contributed by atoms with van der Waals surface area (Å²) in [6.07, 6.45) is 15.1. The van der Waals surface area contributed by atoms with E-state index in [9.17, 15) is 8.42 Å². The maximum atomic E-state index is 14.6. The highest BCUT2D eigenvalue weighted by atomic mass is 32.2. The number of rotatable bonds is 6. The van der Waals surface area contributed by atoms with Gasteiger partial charge in [0.2, 0.25) is 0 Å². The number of benzene rings is 1. The molecule has 4 rings (SSSR count). The monoisotopic (exact) mass is 562 g/mol. The van der Waals surface area contributed by atoms with Crippen LogP contribution in [0.3, 0.4) is 0 Å². The van der Waals surface area contributed by atoms with E-state index in [1.165, 1.54) is 5.56 Å². The number of sulfone groups is 1. The van der Waals surface area contributed by atoms with Crippen molar-refractivity contribution in [3.63, 3.8) is 0 Å². The second-order valence-electron chi connectivity index (χ2n) is 10.6. The minimum atomic E-state index is -3.82. The van der Waals surface area contributed by atoms with Crippen LogP contribution >= 0.6 is 0 Å². The number of hydrogen-bond donors (Lipinski definition) is 0. The number of hydrogen-bond acceptors (Lipinski definition) is 6. The number of methoxy groups -OCH3 is 2. The van der Waals surface area contributed by atoms with Gasteiger partial charge in [-0.3, -0.25) is 9.97 Å². The number of pyridine rings is 2. The molecular weight excluding hydrogens is 520 g/mol. The molecule has 0 aliphatic heterocycles.